The van der Waals surface area contributed by atoms with Gasteiger partial charge in [-0.25, -0.2) is 14.8 Å². The van der Waals surface area contributed by atoms with E-state index in [4.69, 9.17) is 16.3 Å². The maximum Gasteiger partial charge on any atom is 0.319 e. The van der Waals surface area contributed by atoms with Crippen LogP contribution in [0, 0.1) is 6.92 Å². The molecule has 0 aliphatic heterocycles. The molecule has 1 heterocycles. The average molecular weight is 335 g/mol. The lowest BCUT2D eigenvalue weighted by Gasteiger charge is -2.13. The Bertz CT molecular complexity index is 692. The van der Waals surface area contributed by atoms with Gasteiger partial charge in [-0.3, -0.25) is 0 Å². The van der Waals surface area contributed by atoms with E-state index in [1.807, 2.05) is 13.8 Å². The van der Waals surface area contributed by atoms with Crippen molar-refractivity contribution in [1.82, 2.24) is 15.3 Å². The van der Waals surface area contributed by atoms with E-state index in [0.29, 0.717) is 28.8 Å². The van der Waals surface area contributed by atoms with E-state index in [2.05, 4.69) is 20.6 Å². The molecule has 0 saturated heterocycles. The average Bonchev–Trinajstić information content (AvgIpc) is 2.48. The summed E-state index contributed by atoms with van der Waals surface area (Å²) >= 11 is 6.13. The Morgan fingerprint density at radius 2 is 2.13 bits per heavy atom. The smallest absolute Gasteiger partial charge is 0.319 e. The van der Waals surface area contributed by atoms with E-state index in [0.717, 1.165) is 5.69 Å². The third-order valence-electron chi connectivity index (χ3n) is 2.82. The molecule has 122 valence electrons. The highest BCUT2D eigenvalue weighted by Gasteiger charge is 2.07. The quantitative estimate of drug-likeness (QED) is 0.876. The number of rotatable bonds is 5. The summed E-state index contributed by atoms with van der Waals surface area (Å²) in [6.07, 6.45) is 1.69. The molecule has 7 heteroatoms. The van der Waals surface area contributed by atoms with Gasteiger partial charge < -0.3 is 15.4 Å². The summed E-state index contributed by atoms with van der Waals surface area (Å²) in [6, 6.07) is 6.52. The fraction of sp³-hybridized carbons (Fsp3) is 0.312. The van der Waals surface area contributed by atoms with Crippen LogP contribution >= 0.6 is 11.6 Å². The molecular weight excluding hydrogens is 316 g/mol. The minimum absolute atomic E-state index is 0.0333. The molecule has 0 bridgehead atoms. The highest BCUT2D eigenvalue weighted by Crippen LogP contribution is 2.28. The first-order chi connectivity index (χ1) is 10.9. The number of aromatic nitrogens is 2. The minimum Gasteiger partial charge on any atom is -0.489 e. The first-order valence-electron chi connectivity index (χ1n) is 7.23. The summed E-state index contributed by atoms with van der Waals surface area (Å²) in [7, 11) is 0. The monoisotopic (exact) mass is 334 g/mol. The topological polar surface area (TPSA) is 76.1 Å². The number of hydrogen-bond donors (Lipinski definition) is 2. The number of carbonyl (C=O) groups is 1. The number of nitrogens with one attached hydrogen (secondary N) is 2. The highest BCUT2D eigenvalue weighted by atomic mass is 35.5. The second-order valence-electron chi connectivity index (χ2n) is 5.21. The SMILES string of the molecule is Cc1nccc(CNC(=O)Nc2ccc(OC(C)C)c(Cl)c2)n1. The standard InChI is InChI=1S/C16H19ClN4O2/c1-10(2)23-15-5-4-12(8-14(15)17)21-16(22)19-9-13-6-7-18-11(3)20-13/h4-8,10H,9H2,1-3H3,(H2,19,21,22). The number of ether oxygens (including phenoxy) is 1. The van der Waals surface area contributed by atoms with E-state index in [1.54, 1.807) is 37.4 Å². The Hall–Kier alpha value is -2.34. The van der Waals surface area contributed by atoms with Gasteiger partial charge in [-0.1, -0.05) is 11.6 Å². The van der Waals surface area contributed by atoms with Gasteiger partial charge >= 0.3 is 6.03 Å². The molecule has 0 radical (unpaired) electrons. The van der Waals surface area contributed by atoms with Crippen LogP contribution in [0.25, 0.3) is 0 Å². The fourth-order valence-electron chi connectivity index (χ4n) is 1.88. The van der Waals surface area contributed by atoms with Crippen molar-refractivity contribution in [1.29, 1.82) is 0 Å². The van der Waals surface area contributed by atoms with Gasteiger partial charge in [-0.15, -0.1) is 0 Å². The van der Waals surface area contributed by atoms with Crippen LogP contribution in [-0.4, -0.2) is 22.1 Å². The molecule has 6 nitrogen and oxygen atoms in total. The molecule has 2 N–H and O–H groups in total. The Morgan fingerprint density at radius 1 is 1.35 bits per heavy atom. The highest BCUT2D eigenvalue weighted by molar-refractivity contribution is 6.32. The molecule has 0 spiro atoms. The van der Waals surface area contributed by atoms with Crippen molar-refractivity contribution in [2.45, 2.75) is 33.4 Å². The van der Waals surface area contributed by atoms with Crippen LogP contribution in [-0.2, 0) is 6.54 Å². The number of aryl methyl sites for hydroxylation is 1. The molecule has 1 aromatic carbocycles. The van der Waals surface area contributed by atoms with Crippen molar-refractivity contribution < 1.29 is 9.53 Å². The van der Waals surface area contributed by atoms with Gasteiger partial charge in [-0.05, 0) is 45.0 Å². The lowest BCUT2D eigenvalue weighted by molar-refractivity contribution is 0.242. The second-order valence-corrected chi connectivity index (χ2v) is 5.62. The van der Waals surface area contributed by atoms with E-state index in [-0.39, 0.29) is 12.1 Å². The lowest BCUT2D eigenvalue weighted by Crippen LogP contribution is -2.28. The maximum absolute atomic E-state index is 11.9. The van der Waals surface area contributed by atoms with Crippen molar-refractivity contribution in [3.05, 3.63) is 47.0 Å². The van der Waals surface area contributed by atoms with Gasteiger partial charge in [0.1, 0.15) is 11.6 Å². The number of benzene rings is 1. The summed E-state index contributed by atoms with van der Waals surface area (Å²) < 4.78 is 5.55. The zero-order chi connectivity index (χ0) is 16.8. The number of nitrogens with zero attached hydrogens (tertiary/aromatic N) is 2. The van der Waals surface area contributed by atoms with Gasteiger partial charge in [-0.2, -0.15) is 0 Å². The lowest BCUT2D eigenvalue weighted by atomic mass is 10.3. The molecule has 0 atom stereocenters. The molecule has 1 aromatic heterocycles. The third-order valence-corrected chi connectivity index (χ3v) is 3.11. The molecule has 23 heavy (non-hydrogen) atoms. The summed E-state index contributed by atoms with van der Waals surface area (Å²) in [5, 5.41) is 5.89. The molecule has 0 unspecified atom stereocenters. The van der Waals surface area contributed by atoms with Crippen LogP contribution in [0.2, 0.25) is 5.02 Å². The van der Waals surface area contributed by atoms with Crippen molar-refractivity contribution in [3.63, 3.8) is 0 Å². The summed E-state index contributed by atoms with van der Waals surface area (Å²) in [6.45, 7) is 5.96. The first kappa shape index (κ1) is 17.0. The van der Waals surface area contributed by atoms with E-state index in [9.17, 15) is 4.79 Å². The molecule has 0 fully saturated rings. The predicted molar refractivity (Wildman–Crippen MR) is 89.8 cm³/mol. The zero-order valence-corrected chi connectivity index (χ0v) is 14.0. The number of anilines is 1. The van der Waals surface area contributed by atoms with E-state index < -0.39 is 0 Å². The van der Waals surface area contributed by atoms with Crippen LogP contribution in [0.1, 0.15) is 25.4 Å². The van der Waals surface area contributed by atoms with Crippen molar-refractivity contribution >= 4 is 23.3 Å². The number of carbonyl (C=O) groups excluding carboxylic acids is 1. The number of amides is 2. The Morgan fingerprint density at radius 3 is 2.78 bits per heavy atom. The molecule has 2 aromatic rings. The van der Waals surface area contributed by atoms with Gasteiger partial charge in [0.05, 0.1) is 23.4 Å². The minimum atomic E-state index is -0.338. The number of hydrogen-bond acceptors (Lipinski definition) is 4. The number of urea groups is 1. The summed E-state index contributed by atoms with van der Waals surface area (Å²) in [4.78, 5) is 20.1. The first-order valence-corrected chi connectivity index (χ1v) is 7.61. The Balaban J connectivity index is 1.91. The molecule has 0 aliphatic rings. The van der Waals surface area contributed by atoms with Crippen LogP contribution in [0.3, 0.4) is 0 Å². The molecule has 0 aliphatic carbocycles. The van der Waals surface area contributed by atoms with E-state index >= 15 is 0 Å². The van der Waals surface area contributed by atoms with Gasteiger partial charge in [0.25, 0.3) is 0 Å². The molecule has 2 amide bonds. The molecular formula is C16H19ClN4O2. The second kappa shape index (κ2) is 7.78. The third kappa shape index (κ3) is 5.41. The van der Waals surface area contributed by atoms with Crippen LogP contribution < -0.4 is 15.4 Å². The number of halogens is 1. The van der Waals surface area contributed by atoms with Crippen LogP contribution in [0.4, 0.5) is 10.5 Å². The molecule has 2 rings (SSSR count). The zero-order valence-electron chi connectivity index (χ0n) is 13.3. The van der Waals surface area contributed by atoms with E-state index in [1.165, 1.54) is 0 Å². The summed E-state index contributed by atoms with van der Waals surface area (Å²) in [5.74, 6) is 1.25. The van der Waals surface area contributed by atoms with Crippen LogP contribution in [0.15, 0.2) is 30.5 Å². The van der Waals surface area contributed by atoms with Crippen LogP contribution in [0.5, 0.6) is 5.75 Å². The fourth-order valence-corrected chi connectivity index (χ4v) is 2.10. The van der Waals surface area contributed by atoms with Crippen molar-refractivity contribution in [2.24, 2.45) is 0 Å². The van der Waals surface area contributed by atoms with Crippen molar-refractivity contribution in [2.75, 3.05) is 5.32 Å². The predicted octanol–water partition coefficient (Wildman–Crippen LogP) is 3.55. The van der Waals surface area contributed by atoms with Gasteiger partial charge in [0.2, 0.25) is 0 Å². The largest absolute Gasteiger partial charge is 0.489 e. The van der Waals surface area contributed by atoms with Gasteiger partial charge in [0, 0.05) is 11.9 Å². The molecule has 0 saturated carbocycles. The van der Waals surface area contributed by atoms with Gasteiger partial charge in [0.15, 0.2) is 0 Å². The van der Waals surface area contributed by atoms with Crippen molar-refractivity contribution in [3.8, 4) is 5.75 Å². The Kier molecular flexibility index (Phi) is 5.76. The summed E-state index contributed by atoms with van der Waals surface area (Å²) in [5.41, 5.74) is 1.33. The maximum atomic E-state index is 11.9. The normalized spacial score (nSPS) is 10.5. The Labute approximate surface area is 140 Å².